The first-order valence-electron chi connectivity index (χ1n) is 6.05. The summed E-state index contributed by atoms with van der Waals surface area (Å²) in [6.45, 7) is 0. The molecular formula is C15H9FN2O2S. The van der Waals surface area contributed by atoms with E-state index in [1.165, 1.54) is 24.5 Å². The van der Waals surface area contributed by atoms with Crippen LogP contribution >= 0.6 is 11.3 Å². The van der Waals surface area contributed by atoms with Crippen molar-refractivity contribution in [1.82, 2.24) is 9.97 Å². The van der Waals surface area contributed by atoms with Gasteiger partial charge < -0.3 is 5.11 Å². The fourth-order valence-corrected chi connectivity index (χ4v) is 2.76. The molecule has 0 amide bonds. The number of hydrogen-bond acceptors (Lipinski definition) is 5. The third-order valence-corrected chi connectivity index (χ3v) is 3.92. The number of thiazole rings is 1. The average Bonchev–Trinajstić information content (AvgIpc) is 2.89. The lowest BCUT2D eigenvalue weighted by Gasteiger charge is -1.96. The van der Waals surface area contributed by atoms with Crippen molar-refractivity contribution >= 4 is 17.1 Å². The molecule has 104 valence electrons. The molecule has 0 bridgehead atoms. The zero-order valence-electron chi connectivity index (χ0n) is 10.7. The summed E-state index contributed by atoms with van der Waals surface area (Å²) >= 11 is 1.03. The molecule has 6 heteroatoms. The maximum Gasteiger partial charge on any atom is 0.234 e. The second-order valence-corrected chi connectivity index (χ2v) is 5.25. The Hall–Kier alpha value is -2.60. The number of aromatic nitrogens is 2. The van der Waals surface area contributed by atoms with Crippen LogP contribution in [0, 0.1) is 5.82 Å². The highest BCUT2D eigenvalue weighted by Gasteiger charge is 2.20. The maximum atomic E-state index is 13.2. The van der Waals surface area contributed by atoms with Crippen LogP contribution in [-0.4, -0.2) is 20.9 Å². The summed E-state index contributed by atoms with van der Waals surface area (Å²) in [5.41, 5.74) is 0.929. The van der Waals surface area contributed by atoms with Gasteiger partial charge in [0.05, 0.1) is 0 Å². The lowest BCUT2D eigenvalue weighted by Crippen LogP contribution is -1.98. The van der Waals surface area contributed by atoms with Crippen LogP contribution in [0.15, 0.2) is 48.8 Å². The van der Waals surface area contributed by atoms with E-state index in [0.29, 0.717) is 16.1 Å². The van der Waals surface area contributed by atoms with Crippen LogP contribution in [0.1, 0.15) is 15.2 Å². The molecule has 0 spiro atoms. The van der Waals surface area contributed by atoms with Crippen LogP contribution in [-0.2, 0) is 0 Å². The molecule has 2 aromatic heterocycles. The Kier molecular flexibility index (Phi) is 3.45. The number of carbonyl (C=O) groups excluding carboxylic acids is 1. The van der Waals surface area contributed by atoms with Crippen molar-refractivity contribution in [2.45, 2.75) is 0 Å². The third-order valence-electron chi connectivity index (χ3n) is 2.83. The summed E-state index contributed by atoms with van der Waals surface area (Å²) in [7, 11) is 0. The predicted octanol–water partition coefficient (Wildman–Crippen LogP) is 3.28. The summed E-state index contributed by atoms with van der Waals surface area (Å²) in [4.78, 5) is 20.2. The molecule has 4 nitrogen and oxygen atoms in total. The number of carbonyl (C=O) groups is 1. The van der Waals surface area contributed by atoms with Crippen molar-refractivity contribution in [2.75, 3.05) is 0 Å². The van der Waals surface area contributed by atoms with Gasteiger partial charge >= 0.3 is 0 Å². The zero-order chi connectivity index (χ0) is 14.8. The fourth-order valence-electron chi connectivity index (χ4n) is 1.84. The highest BCUT2D eigenvalue weighted by Crippen LogP contribution is 2.33. The first-order valence-corrected chi connectivity index (χ1v) is 6.87. The van der Waals surface area contributed by atoms with Gasteiger partial charge in [0.1, 0.15) is 15.7 Å². The number of halogens is 1. The molecule has 3 rings (SSSR count). The number of nitrogens with zero attached hydrogens (tertiary/aromatic N) is 2. The van der Waals surface area contributed by atoms with Gasteiger partial charge in [0.25, 0.3) is 0 Å². The van der Waals surface area contributed by atoms with E-state index in [2.05, 4.69) is 9.97 Å². The van der Waals surface area contributed by atoms with E-state index in [1.807, 2.05) is 0 Å². The quantitative estimate of drug-likeness (QED) is 0.754. The topological polar surface area (TPSA) is 63.1 Å². The van der Waals surface area contributed by atoms with Gasteiger partial charge in [-0.25, -0.2) is 9.37 Å². The van der Waals surface area contributed by atoms with Gasteiger partial charge in [-0.2, -0.15) is 0 Å². The molecule has 2 heterocycles. The normalized spacial score (nSPS) is 10.5. The Labute approximate surface area is 123 Å². The minimum Gasteiger partial charge on any atom is -0.492 e. The lowest BCUT2D eigenvalue weighted by molar-refractivity contribution is 0.103. The van der Waals surface area contributed by atoms with E-state index in [-0.39, 0.29) is 16.5 Å². The van der Waals surface area contributed by atoms with Crippen molar-refractivity contribution < 1.29 is 14.3 Å². The largest absolute Gasteiger partial charge is 0.492 e. The van der Waals surface area contributed by atoms with Gasteiger partial charge in [-0.05, 0) is 24.3 Å². The molecule has 0 radical (unpaired) electrons. The minimum atomic E-state index is -0.399. The Morgan fingerprint density at radius 2 is 1.95 bits per heavy atom. The highest BCUT2D eigenvalue weighted by molar-refractivity contribution is 7.17. The Morgan fingerprint density at radius 3 is 2.67 bits per heavy atom. The molecule has 3 aromatic rings. The van der Waals surface area contributed by atoms with Crippen molar-refractivity contribution in [3.8, 4) is 16.5 Å². The molecule has 21 heavy (non-hydrogen) atoms. The molecule has 0 aliphatic rings. The molecule has 0 atom stereocenters. The summed E-state index contributed by atoms with van der Waals surface area (Å²) < 4.78 is 13.2. The monoisotopic (exact) mass is 300 g/mol. The minimum absolute atomic E-state index is 0.125. The van der Waals surface area contributed by atoms with E-state index >= 15 is 0 Å². The Balaban J connectivity index is 2.01. The zero-order valence-corrected chi connectivity index (χ0v) is 11.5. The number of benzene rings is 1. The molecule has 0 aliphatic heterocycles. The second-order valence-electron chi connectivity index (χ2n) is 4.25. The number of hydrogen-bond donors (Lipinski definition) is 1. The van der Waals surface area contributed by atoms with Gasteiger partial charge in [0, 0.05) is 23.5 Å². The van der Waals surface area contributed by atoms with Crippen molar-refractivity contribution in [2.24, 2.45) is 0 Å². The molecule has 1 aromatic carbocycles. The highest BCUT2D eigenvalue weighted by atomic mass is 32.1. The molecule has 0 unspecified atom stereocenters. The Bertz CT molecular complexity index is 802. The average molecular weight is 300 g/mol. The molecular weight excluding hydrogens is 291 g/mol. The van der Waals surface area contributed by atoms with Gasteiger partial charge in [0.15, 0.2) is 0 Å². The standard InChI is InChI=1S/C15H9FN2O2S/c16-11-3-1-2-10(8-11)15-18-14(20)13(21-15)12(19)9-4-6-17-7-5-9/h1-8,20H. The van der Waals surface area contributed by atoms with E-state index in [0.717, 1.165) is 11.3 Å². The maximum absolute atomic E-state index is 13.2. The van der Waals surface area contributed by atoms with Gasteiger partial charge in [-0.3, -0.25) is 9.78 Å². The summed E-state index contributed by atoms with van der Waals surface area (Å²) in [6.07, 6.45) is 3.00. The van der Waals surface area contributed by atoms with Crippen LogP contribution in [0.4, 0.5) is 4.39 Å². The lowest BCUT2D eigenvalue weighted by atomic mass is 10.1. The van der Waals surface area contributed by atoms with E-state index in [9.17, 15) is 14.3 Å². The summed E-state index contributed by atoms with van der Waals surface area (Å²) in [5, 5.41) is 10.3. The van der Waals surface area contributed by atoms with Crippen LogP contribution < -0.4 is 0 Å². The van der Waals surface area contributed by atoms with Crippen LogP contribution in [0.3, 0.4) is 0 Å². The van der Waals surface area contributed by atoms with Crippen LogP contribution in [0.5, 0.6) is 5.88 Å². The van der Waals surface area contributed by atoms with Gasteiger partial charge in [-0.1, -0.05) is 12.1 Å². The molecule has 1 N–H and O–H groups in total. The summed E-state index contributed by atoms with van der Waals surface area (Å²) in [5.74, 6) is -1.08. The molecule has 0 fully saturated rings. The van der Waals surface area contributed by atoms with E-state index < -0.39 is 5.82 Å². The molecule has 0 saturated heterocycles. The molecule has 0 aliphatic carbocycles. The first kappa shape index (κ1) is 13.4. The number of aromatic hydroxyl groups is 1. The fraction of sp³-hybridized carbons (Fsp3) is 0. The predicted molar refractivity (Wildman–Crippen MR) is 76.8 cm³/mol. The van der Waals surface area contributed by atoms with Gasteiger partial charge in [0.2, 0.25) is 11.7 Å². The smallest absolute Gasteiger partial charge is 0.234 e. The SMILES string of the molecule is O=C(c1ccncc1)c1sc(-c2cccc(F)c2)nc1O. The van der Waals surface area contributed by atoms with Crippen molar-refractivity contribution in [3.63, 3.8) is 0 Å². The van der Waals surface area contributed by atoms with Crippen LogP contribution in [0.25, 0.3) is 10.6 Å². The van der Waals surface area contributed by atoms with E-state index in [1.54, 1.807) is 24.3 Å². The second kappa shape index (κ2) is 5.41. The Morgan fingerprint density at radius 1 is 1.19 bits per heavy atom. The van der Waals surface area contributed by atoms with Crippen molar-refractivity contribution in [3.05, 3.63) is 65.0 Å². The van der Waals surface area contributed by atoms with Crippen molar-refractivity contribution in [1.29, 1.82) is 0 Å². The number of ketones is 1. The number of rotatable bonds is 3. The van der Waals surface area contributed by atoms with E-state index in [4.69, 9.17) is 0 Å². The number of pyridine rings is 1. The van der Waals surface area contributed by atoms with Crippen LogP contribution in [0.2, 0.25) is 0 Å². The summed E-state index contributed by atoms with van der Waals surface area (Å²) in [6, 6.07) is 8.96. The molecule has 0 saturated carbocycles. The third kappa shape index (κ3) is 2.66. The first-order chi connectivity index (χ1) is 10.1. The van der Waals surface area contributed by atoms with Gasteiger partial charge in [-0.15, -0.1) is 11.3 Å².